The summed E-state index contributed by atoms with van der Waals surface area (Å²) in [6, 6.07) is 7.65. The maximum atomic E-state index is 12.5. The summed E-state index contributed by atoms with van der Waals surface area (Å²) >= 11 is 0. The van der Waals surface area contributed by atoms with Crippen LogP contribution in [0.1, 0.15) is 29.4 Å². The lowest BCUT2D eigenvalue weighted by Gasteiger charge is -2.31. The minimum Gasteiger partial charge on any atom is -0.486 e. The van der Waals surface area contributed by atoms with E-state index in [1.807, 2.05) is 43.0 Å². The predicted octanol–water partition coefficient (Wildman–Crippen LogP) is 3.36. The van der Waals surface area contributed by atoms with Crippen LogP contribution in [0.2, 0.25) is 0 Å². The highest BCUT2D eigenvalue weighted by Gasteiger charge is 2.26. The number of carbonyl (C=O) groups is 1. The molecular formula is C25H29N5O4. The van der Waals surface area contributed by atoms with Gasteiger partial charge in [0.2, 0.25) is 0 Å². The standard InChI is InChI=1S/C25H29N5O4/c1-5-22(20-13-33-7-6-26-20)34-23-10-15(25(31)32-4)9-16-17-12-27-19(11-18(17)28-24(16)23)21-8-14(2)29-30(21)3/h8-12,20,22,26,28H,5-7,13H2,1-4H3. The zero-order valence-electron chi connectivity index (χ0n) is 19.8. The number of esters is 1. The van der Waals surface area contributed by atoms with E-state index >= 15 is 0 Å². The number of methoxy groups -OCH3 is 1. The Labute approximate surface area is 197 Å². The number of fused-ring (bicyclic) bond motifs is 3. The summed E-state index contributed by atoms with van der Waals surface area (Å²) < 4.78 is 19.0. The number of benzene rings is 1. The SMILES string of the molecule is CCC(Oc1cc(C(=O)OC)cc2c1[nH]c1cc(-c3cc(C)nn3C)ncc12)C1COCCN1. The third-order valence-corrected chi connectivity index (χ3v) is 6.32. The molecule has 1 aliphatic rings. The fraction of sp³-hybridized carbons (Fsp3) is 0.400. The fourth-order valence-corrected chi connectivity index (χ4v) is 4.62. The van der Waals surface area contributed by atoms with Gasteiger partial charge in [-0.3, -0.25) is 9.67 Å². The van der Waals surface area contributed by atoms with Gasteiger partial charge in [-0.25, -0.2) is 4.79 Å². The van der Waals surface area contributed by atoms with Crippen molar-refractivity contribution in [2.45, 2.75) is 32.4 Å². The Bertz CT molecular complexity index is 1350. The Kier molecular flexibility index (Phi) is 5.97. The lowest BCUT2D eigenvalue weighted by molar-refractivity contribution is 0.0270. The van der Waals surface area contributed by atoms with Gasteiger partial charge in [0.1, 0.15) is 11.9 Å². The van der Waals surface area contributed by atoms with E-state index in [0.29, 0.717) is 24.5 Å². The first-order valence-electron chi connectivity index (χ1n) is 11.5. The van der Waals surface area contributed by atoms with E-state index < -0.39 is 5.97 Å². The summed E-state index contributed by atoms with van der Waals surface area (Å²) in [6.45, 7) is 6.11. The molecule has 0 spiro atoms. The maximum absolute atomic E-state index is 12.5. The molecule has 2 atom stereocenters. The first kappa shape index (κ1) is 22.4. The Balaban J connectivity index is 1.63. The number of rotatable bonds is 6. The van der Waals surface area contributed by atoms with Crippen molar-refractivity contribution in [1.82, 2.24) is 25.1 Å². The number of aromatic nitrogens is 4. The van der Waals surface area contributed by atoms with Crippen molar-refractivity contribution in [1.29, 1.82) is 0 Å². The molecule has 34 heavy (non-hydrogen) atoms. The van der Waals surface area contributed by atoms with Gasteiger partial charge in [0.05, 0.1) is 60.0 Å². The molecule has 4 heterocycles. The summed E-state index contributed by atoms with van der Waals surface area (Å²) in [7, 11) is 3.28. The maximum Gasteiger partial charge on any atom is 0.338 e. The fourth-order valence-electron chi connectivity index (χ4n) is 4.62. The molecule has 0 radical (unpaired) electrons. The monoisotopic (exact) mass is 463 g/mol. The van der Waals surface area contributed by atoms with Gasteiger partial charge < -0.3 is 24.5 Å². The van der Waals surface area contributed by atoms with Crippen molar-refractivity contribution in [2.24, 2.45) is 7.05 Å². The topological polar surface area (TPSA) is 103 Å². The van der Waals surface area contributed by atoms with Crippen LogP contribution >= 0.6 is 0 Å². The molecule has 9 heteroatoms. The van der Waals surface area contributed by atoms with E-state index in [9.17, 15) is 4.79 Å². The van der Waals surface area contributed by atoms with Crippen LogP contribution in [0.3, 0.4) is 0 Å². The minimum absolute atomic E-state index is 0.0707. The van der Waals surface area contributed by atoms with Gasteiger partial charge in [-0.2, -0.15) is 5.10 Å². The second kappa shape index (κ2) is 9.08. The van der Waals surface area contributed by atoms with Gasteiger partial charge in [-0.05, 0) is 37.6 Å². The number of morpholine rings is 1. The number of nitrogens with one attached hydrogen (secondary N) is 2. The molecule has 5 rings (SSSR count). The van der Waals surface area contributed by atoms with Crippen LogP contribution in [0.15, 0.2) is 30.5 Å². The Morgan fingerprint density at radius 1 is 1.29 bits per heavy atom. The summed E-state index contributed by atoms with van der Waals surface area (Å²) in [5.41, 5.74) is 4.82. The van der Waals surface area contributed by atoms with Crippen molar-refractivity contribution >= 4 is 27.8 Å². The molecule has 1 fully saturated rings. The average Bonchev–Trinajstić information content (AvgIpc) is 3.40. The molecular weight excluding hydrogens is 434 g/mol. The van der Waals surface area contributed by atoms with E-state index in [1.54, 1.807) is 6.07 Å². The molecule has 9 nitrogen and oxygen atoms in total. The number of carbonyl (C=O) groups excluding carboxylic acids is 1. The number of ether oxygens (including phenoxy) is 3. The Hall–Kier alpha value is -3.43. The number of aryl methyl sites for hydroxylation is 2. The molecule has 3 aromatic heterocycles. The molecule has 0 saturated carbocycles. The number of aromatic amines is 1. The van der Waals surface area contributed by atoms with Gasteiger partial charge in [0, 0.05) is 30.6 Å². The normalized spacial score (nSPS) is 17.2. The zero-order valence-corrected chi connectivity index (χ0v) is 19.8. The number of hydrogen-bond donors (Lipinski definition) is 2. The summed E-state index contributed by atoms with van der Waals surface area (Å²) in [5.74, 6) is 0.189. The van der Waals surface area contributed by atoms with Crippen LogP contribution < -0.4 is 10.1 Å². The van der Waals surface area contributed by atoms with Crippen LogP contribution in [0.25, 0.3) is 33.2 Å². The van der Waals surface area contributed by atoms with Crippen molar-refractivity contribution < 1.29 is 19.0 Å². The molecule has 0 aliphatic carbocycles. The summed E-state index contributed by atoms with van der Waals surface area (Å²) in [4.78, 5) is 20.6. The van der Waals surface area contributed by atoms with Gasteiger partial charge in [0.15, 0.2) is 0 Å². The molecule has 1 aromatic carbocycles. The van der Waals surface area contributed by atoms with Crippen molar-refractivity contribution in [3.8, 4) is 17.1 Å². The van der Waals surface area contributed by atoms with Crippen molar-refractivity contribution in [2.75, 3.05) is 26.9 Å². The number of hydrogen-bond acceptors (Lipinski definition) is 7. The third-order valence-electron chi connectivity index (χ3n) is 6.32. The largest absolute Gasteiger partial charge is 0.486 e. The zero-order chi connectivity index (χ0) is 23.8. The molecule has 1 saturated heterocycles. The van der Waals surface area contributed by atoms with E-state index in [4.69, 9.17) is 14.2 Å². The molecule has 1 aliphatic heterocycles. The highest BCUT2D eigenvalue weighted by atomic mass is 16.5. The number of nitrogens with zero attached hydrogens (tertiary/aromatic N) is 3. The third kappa shape index (κ3) is 4.01. The van der Waals surface area contributed by atoms with Crippen LogP contribution in [0.5, 0.6) is 5.75 Å². The lowest BCUT2D eigenvalue weighted by atomic mass is 10.1. The lowest BCUT2D eigenvalue weighted by Crippen LogP contribution is -2.50. The van der Waals surface area contributed by atoms with E-state index in [-0.39, 0.29) is 12.1 Å². The molecule has 2 N–H and O–H groups in total. The molecule has 0 amide bonds. The van der Waals surface area contributed by atoms with E-state index in [2.05, 4.69) is 27.3 Å². The van der Waals surface area contributed by atoms with E-state index in [0.717, 1.165) is 51.9 Å². The second-order valence-electron chi connectivity index (χ2n) is 8.62. The second-order valence-corrected chi connectivity index (χ2v) is 8.62. The smallest absolute Gasteiger partial charge is 0.338 e. The molecule has 178 valence electrons. The Morgan fingerprint density at radius 2 is 2.15 bits per heavy atom. The molecule has 2 unspecified atom stereocenters. The highest BCUT2D eigenvalue weighted by molar-refractivity contribution is 6.11. The first-order valence-corrected chi connectivity index (χ1v) is 11.5. The van der Waals surface area contributed by atoms with Gasteiger partial charge in [0.25, 0.3) is 0 Å². The molecule has 4 aromatic rings. The summed E-state index contributed by atoms with van der Waals surface area (Å²) in [6.07, 6.45) is 2.50. The van der Waals surface area contributed by atoms with Crippen LogP contribution in [0, 0.1) is 6.92 Å². The van der Waals surface area contributed by atoms with Crippen LogP contribution in [-0.4, -0.2) is 64.7 Å². The van der Waals surface area contributed by atoms with Crippen molar-refractivity contribution in [3.63, 3.8) is 0 Å². The van der Waals surface area contributed by atoms with Gasteiger partial charge in [-0.1, -0.05) is 6.92 Å². The number of pyridine rings is 1. The Morgan fingerprint density at radius 3 is 2.82 bits per heavy atom. The number of H-pyrrole nitrogens is 1. The first-order chi connectivity index (χ1) is 16.5. The average molecular weight is 464 g/mol. The predicted molar refractivity (Wildman–Crippen MR) is 129 cm³/mol. The minimum atomic E-state index is -0.414. The highest BCUT2D eigenvalue weighted by Crippen LogP contribution is 2.35. The van der Waals surface area contributed by atoms with Crippen molar-refractivity contribution in [3.05, 3.63) is 41.7 Å². The van der Waals surface area contributed by atoms with E-state index in [1.165, 1.54) is 7.11 Å². The van der Waals surface area contributed by atoms with Gasteiger partial charge >= 0.3 is 5.97 Å². The van der Waals surface area contributed by atoms with Crippen LogP contribution in [-0.2, 0) is 16.5 Å². The quantitative estimate of drug-likeness (QED) is 0.423. The van der Waals surface area contributed by atoms with Gasteiger partial charge in [-0.15, -0.1) is 0 Å². The van der Waals surface area contributed by atoms with Crippen LogP contribution in [0.4, 0.5) is 0 Å². The molecule has 0 bridgehead atoms. The summed E-state index contributed by atoms with van der Waals surface area (Å²) in [5, 5.41) is 9.67.